The Balaban J connectivity index is 1.21. The van der Waals surface area contributed by atoms with Crippen LogP contribution in [0.25, 0.3) is 21.8 Å². The van der Waals surface area contributed by atoms with E-state index in [1.807, 2.05) is 13.8 Å². The summed E-state index contributed by atoms with van der Waals surface area (Å²) in [6, 6.07) is -3.26. The molecule has 16 atom stereocenters. The fourth-order valence-corrected chi connectivity index (χ4v) is 17.7. The monoisotopic (exact) mass is 1930 g/mol. The van der Waals surface area contributed by atoms with Crippen molar-refractivity contribution in [3.8, 4) is 5.75 Å². The predicted octanol–water partition coefficient (Wildman–Crippen LogP) is -2.34. The first-order valence-corrected chi connectivity index (χ1v) is 47.4. The number of carboxylic acids is 1. The summed E-state index contributed by atoms with van der Waals surface area (Å²) >= 11 is 0.773. The average molecular weight is 1930 g/mol. The third kappa shape index (κ3) is 31.1. The predicted molar refractivity (Wildman–Crippen MR) is 508 cm³/mol. The van der Waals surface area contributed by atoms with Crippen molar-refractivity contribution in [2.45, 2.75) is 253 Å². The summed E-state index contributed by atoms with van der Waals surface area (Å²) < 4.78 is 0. The maximum absolute atomic E-state index is 15.8. The molecular formula is C92H133N23O21S. The summed E-state index contributed by atoms with van der Waals surface area (Å²) in [7, 11) is 3.93. The number of H-pyrrole nitrogens is 2. The number of thioether (sulfide) groups is 1. The van der Waals surface area contributed by atoms with Crippen LogP contribution >= 0.6 is 11.8 Å². The molecule has 0 aliphatic carbocycles. The number of carboxylic acid groups (broad SMARTS) is 1. The van der Waals surface area contributed by atoms with Crippen LogP contribution in [0.15, 0.2) is 90.2 Å². The molecule has 137 heavy (non-hydrogen) atoms. The van der Waals surface area contributed by atoms with Crippen molar-refractivity contribution in [1.29, 1.82) is 5.41 Å². The van der Waals surface area contributed by atoms with Gasteiger partial charge in [0, 0.05) is 119 Å². The largest absolute Gasteiger partial charge is 0.508 e. The number of hydrogen-bond donors (Lipinski definition) is 21. The molecule has 748 valence electrons. The lowest BCUT2D eigenvalue weighted by Crippen LogP contribution is -2.62. The Bertz CT molecular complexity index is 5110. The van der Waals surface area contributed by atoms with Crippen molar-refractivity contribution < 1.29 is 102 Å². The van der Waals surface area contributed by atoms with E-state index in [0.29, 0.717) is 70.6 Å². The molecule has 3 fully saturated rings. The number of benzene rings is 3. The van der Waals surface area contributed by atoms with Gasteiger partial charge in [0.2, 0.25) is 94.5 Å². The van der Waals surface area contributed by atoms with E-state index in [4.69, 9.17) is 22.6 Å². The average Bonchev–Trinajstić information content (AvgIpc) is 1.42. The van der Waals surface area contributed by atoms with Crippen LogP contribution in [0.5, 0.6) is 5.75 Å². The molecule has 45 heteroatoms. The minimum atomic E-state index is -1.93. The van der Waals surface area contributed by atoms with Crippen LogP contribution in [0.2, 0.25) is 0 Å². The Morgan fingerprint density at radius 1 is 0.577 bits per heavy atom. The summed E-state index contributed by atoms with van der Waals surface area (Å²) in [6.45, 7) is 5.34. The Hall–Kier alpha value is -13.3. The number of phenolic OH excluding ortho intramolecular Hbond substituents is 1. The van der Waals surface area contributed by atoms with E-state index in [9.17, 15) is 58.8 Å². The molecule has 3 aliphatic rings. The lowest BCUT2D eigenvalue weighted by molar-refractivity contribution is -0.149. The Kier molecular flexibility index (Phi) is 42.4. The number of aliphatic carboxylic acids is 1. The second-order valence-electron chi connectivity index (χ2n) is 34.6. The number of para-hydroxylation sites is 2. The number of likely N-dealkylation sites (N-methyl/N-ethyl adjacent to an activating group) is 3. The van der Waals surface area contributed by atoms with Gasteiger partial charge in [-0.15, -0.1) is 11.8 Å². The molecule has 3 saturated heterocycles. The van der Waals surface area contributed by atoms with E-state index in [-0.39, 0.29) is 89.5 Å². The minimum absolute atomic E-state index is 0.00774. The van der Waals surface area contributed by atoms with E-state index in [1.54, 1.807) is 74.8 Å². The normalized spacial score (nSPS) is 24.8. The van der Waals surface area contributed by atoms with Gasteiger partial charge in [-0.25, -0.2) is 0 Å². The van der Waals surface area contributed by atoms with E-state index in [1.165, 1.54) is 58.5 Å². The van der Waals surface area contributed by atoms with E-state index >= 15 is 43.2 Å². The zero-order chi connectivity index (χ0) is 100. The van der Waals surface area contributed by atoms with E-state index in [2.05, 4.69) is 73.4 Å². The van der Waals surface area contributed by atoms with Crippen molar-refractivity contribution in [3.63, 3.8) is 0 Å². The van der Waals surface area contributed by atoms with Gasteiger partial charge in [-0.1, -0.05) is 101 Å². The number of fused-ring (bicyclic) bond motifs is 4. The smallest absolute Gasteiger partial charge is 0.303 e. The highest BCUT2D eigenvalue weighted by atomic mass is 32.2. The second-order valence-corrected chi connectivity index (χ2v) is 35.7. The molecule has 5 heterocycles. The van der Waals surface area contributed by atoms with Gasteiger partial charge >= 0.3 is 5.97 Å². The van der Waals surface area contributed by atoms with Gasteiger partial charge in [0.05, 0.1) is 31.1 Å². The number of unbranched alkanes of at least 4 members (excludes halogenated alkanes) is 3. The van der Waals surface area contributed by atoms with Crippen LogP contribution in [0.4, 0.5) is 0 Å². The number of primary amides is 1. The van der Waals surface area contributed by atoms with Crippen LogP contribution in [0.1, 0.15) is 154 Å². The maximum atomic E-state index is 15.8. The molecule has 3 aliphatic heterocycles. The van der Waals surface area contributed by atoms with Gasteiger partial charge in [-0.3, -0.25) is 91.9 Å². The number of aliphatic imine (C=N–C) groups is 1. The van der Waals surface area contributed by atoms with Gasteiger partial charge in [-0.2, -0.15) is 0 Å². The Morgan fingerprint density at radius 3 is 1.74 bits per heavy atom. The molecule has 2 aromatic heterocycles. The Labute approximate surface area is 797 Å². The number of aliphatic hydroxyl groups is 2. The molecule has 8 rings (SSSR count). The van der Waals surface area contributed by atoms with E-state index < -0.39 is 260 Å². The van der Waals surface area contributed by atoms with Crippen molar-refractivity contribution in [1.82, 2.24) is 93.0 Å². The molecule has 3 aromatic carbocycles. The second kappa shape index (κ2) is 53.3. The minimum Gasteiger partial charge on any atom is -0.508 e. The third-order valence-corrected chi connectivity index (χ3v) is 25.7. The van der Waals surface area contributed by atoms with Gasteiger partial charge in [0.15, 0.2) is 5.96 Å². The summed E-state index contributed by atoms with van der Waals surface area (Å²) in [4.78, 5) is 266. The highest BCUT2D eigenvalue weighted by Gasteiger charge is 2.47. The fourth-order valence-electron chi connectivity index (χ4n) is 16.9. The summed E-state index contributed by atoms with van der Waals surface area (Å²) in [5.74, 6) is -18.2. The number of aromatic nitrogens is 2. The van der Waals surface area contributed by atoms with Crippen LogP contribution in [0, 0.1) is 5.41 Å². The SMILES string of the molecule is C/C=N\C(CC)C[C@@H]1NC(=O)[C@@H]2CCCN2C(=O)[C@H](CN)NC(=O)[C@H](C)N(C)C(=O)[C@H](Cc2ccc(O)cc2)NC(=O)CSC[C@@H](C(=O)NCC(N)=O)NC(=O)[C@H](CCCNC(=N)N)NC(=O)[C@H](CCCCC)N(C)C(=O)[C@H](CCCC)N(C)C(=O)[C@H](Cc2c[nH]c3ccccc23)NC(=O)[C@H](CO)NC(=O)[C@H](Cc2c[nH]c3ccccc23)NC(=O)[C@@H]2C[C@@H](O)CN2C(=O)[C@H](CCC(=O)O)NC1=O. The van der Waals surface area contributed by atoms with Gasteiger partial charge < -0.3 is 131 Å². The number of nitrogens with one attached hydrogen (secondary N) is 14. The highest BCUT2D eigenvalue weighted by molar-refractivity contribution is 8.00. The number of aliphatic hydroxyl groups excluding tert-OH is 2. The molecule has 1 unspecified atom stereocenters. The number of nitrogens with zero attached hydrogens (tertiary/aromatic N) is 6. The topological polar surface area (TPSA) is 665 Å². The van der Waals surface area contributed by atoms with Crippen LogP contribution in [0.3, 0.4) is 0 Å². The molecule has 0 bridgehead atoms. The van der Waals surface area contributed by atoms with Gasteiger partial charge in [0.1, 0.15) is 90.3 Å². The lowest BCUT2D eigenvalue weighted by atomic mass is 9.99. The number of phenols is 1. The summed E-state index contributed by atoms with van der Waals surface area (Å²) in [5.41, 5.74) is 19.9. The van der Waals surface area contributed by atoms with Crippen molar-refractivity contribution in [3.05, 3.63) is 102 Å². The van der Waals surface area contributed by atoms with E-state index in [0.717, 1.165) is 36.3 Å². The number of carbonyl (C=O) groups is 17. The molecule has 24 N–H and O–H groups in total. The number of amides is 16. The third-order valence-electron chi connectivity index (χ3n) is 24.7. The van der Waals surface area contributed by atoms with Gasteiger partial charge in [-0.05, 0) is 119 Å². The standard InChI is InChI=1S/C92H133N23O21S/c1-9-13-15-28-71-84(129)103-62(26-20-36-98-92(95)96)80(125)110-70(79(124)101-46-75(94)119)49-137-50-76(120)102-66(38-52-30-32-56(117)33-31-52)87(132)111(6)51(5)78(123)108-68(43-93)90(135)114-37-21-29-72(114)85(130)106-65(41-55(11-3)97-12-4)82(127)104-63(34-35-77(121)122)89(134)115-47-57(118)42-74(115)86(131)105-64(39-53-44-99-60-24-18-16-22-58(53)60)81(126)109-69(48-116)83(128)107-67(40-54-45-100-61-25-19-17-23-59(54)61)88(133)113(8)73(27-14-10-2)91(136)112(71)7/h12,16-19,22-25,30-33,44-45,51,55,57,62-74,99-100,116-118H,9-11,13-15,20-21,26-29,34-43,46-50,93H2,1-8H3,(H2,94,119)(H,101,124)(H,102,120)(H,103,129)(H,104,127)(H,105,131)(H,106,130)(H,107,128)(H,108,123)(H,109,126)(H,110,125)(H,121,122)(H4,95,96,98)/b97-12-/t51-,55?,57+,62-,63-,64-,65-,66-,67-,68-,69-,70-,71-,72-,73-,74-/m0/s1. The molecule has 16 amide bonds. The zero-order valence-electron chi connectivity index (χ0n) is 78.5. The first-order valence-electron chi connectivity index (χ1n) is 46.3. The molecule has 44 nitrogen and oxygen atoms in total. The number of aromatic amines is 2. The van der Waals surface area contributed by atoms with Crippen molar-refractivity contribution in [2.75, 3.05) is 72.0 Å². The number of guanidine groups is 1. The van der Waals surface area contributed by atoms with Crippen molar-refractivity contribution in [2.24, 2.45) is 22.2 Å². The number of rotatable bonds is 29. The first-order chi connectivity index (χ1) is 65.3. The first kappa shape index (κ1) is 109. The van der Waals surface area contributed by atoms with Crippen molar-refractivity contribution >= 4 is 146 Å². The number of nitrogens with two attached hydrogens (primary N) is 3. The van der Waals surface area contributed by atoms with Crippen LogP contribution in [-0.2, 0) is 101 Å². The van der Waals surface area contributed by atoms with Gasteiger partial charge in [0.25, 0.3) is 0 Å². The molecule has 0 saturated carbocycles. The number of carbonyl (C=O) groups excluding carboxylic acids is 16. The molecular weight excluding hydrogens is 1800 g/mol. The van der Waals surface area contributed by atoms with Crippen LogP contribution < -0.4 is 75.7 Å². The maximum Gasteiger partial charge on any atom is 0.303 e. The lowest BCUT2D eigenvalue weighted by Gasteiger charge is -2.36. The number of aromatic hydroxyl groups is 1. The summed E-state index contributed by atoms with van der Waals surface area (Å²) in [5, 5.41) is 81.0. The molecule has 5 aromatic rings. The fraction of sp³-hybridized carbons (Fsp3) is 0.554. The number of hydrogen-bond acceptors (Lipinski definition) is 24. The summed E-state index contributed by atoms with van der Waals surface area (Å²) in [6.07, 6.45) is 2.80. The quantitative estimate of drug-likeness (QED) is 0.0135. The van der Waals surface area contributed by atoms with Crippen LogP contribution in [-0.4, -0.2) is 336 Å². The molecule has 0 radical (unpaired) electrons. The zero-order valence-corrected chi connectivity index (χ0v) is 79.4. The Morgan fingerprint density at radius 2 is 1.12 bits per heavy atom. The highest BCUT2D eigenvalue weighted by Crippen LogP contribution is 2.28. The molecule has 0 spiro atoms.